The van der Waals surface area contributed by atoms with E-state index in [2.05, 4.69) is 10.2 Å². The lowest BCUT2D eigenvalue weighted by molar-refractivity contribution is -0.711. The second-order valence-corrected chi connectivity index (χ2v) is 1.82. The SMILES string of the molecule is CC(N=[N+]([O-])F)=C(C)N=[N+]([O-])F. The number of allylic oxidation sites excluding steroid dienone is 2. The van der Waals surface area contributed by atoms with Crippen LogP contribution in [0.2, 0.25) is 0 Å². The summed E-state index contributed by atoms with van der Waals surface area (Å²) < 4.78 is 23.0. The molecule has 0 aliphatic heterocycles. The van der Waals surface area contributed by atoms with Gasteiger partial charge in [0.2, 0.25) is 0 Å². The van der Waals surface area contributed by atoms with Gasteiger partial charge in [-0.25, -0.2) is 0 Å². The van der Waals surface area contributed by atoms with Gasteiger partial charge in [-0.2, -0.15) is 0 Å². The molecular weight excluding hydrogens is 174 g/mol. The fourth-order valence-electron chi connectivity index (χ4n) is 0.381. The molecule has 12 heavy (non-hydrogen) atoms. The molecule has 0 aliphatic rings. The molecule has 0 unspecified atom stereocenters. The van der Waals surface area contributed by atoms with E-state index in [0.29, 0.717) is 0 Å². The van der Waals surface area contributed by atoms with E-state index in [1.54, 1.807) is 0 Å². The molecule has 0 amide bonds. The van der Waals surface area contributed by atoms with Crippen molar-refractivity contribution in [3.8, 4) is 0 Å². The molecule has 0 radical (unpaired) electrons. The van der Waals surface area contributed by atoms with Crippen LogP contribution in [-0.2, 0) is 0 Å². The van der Waals surface area contributed by atoms with Gasteiger partial charge < -0.3 is 10.4 Å². The lowest BCUT2D eigenvalue weighted by Gasteiger charge is -1.88. The van der Waals surface area contributed by atoms with Crippen LogP contribution in [0.1, 0.15) is 13.8 Å². The quantitative estimate of drug-likeness (QED) is 0.369. The molecule has 0 heterocycles. The highest BCUT2D eigenvalue weighted by Gasteiger charge is 2.03. The third kappa shape index (κ3) is 4.25. The Morgan fingerprint density at radius 1 is 1.00 bits per heavy atom. The Morgan fingerprint density at radius 2 is 1.25 bits per heavy atom. The second-order valence-electron chi connectivity index (χ2n) is 1.82. The molecule has 0 bridgehead atoms. The highest BCUT2D eigenvalue weighted by atomic mass is 19.2. The lowest BCUT2D eigenvalue weighted by atomic mass is 10.4. The normalized spacial score (nSPS) is 16.0. The minimum Gasteiger partial charge on any atom is -0.556 e. The first-order valence-corrected chi connectivity index (χ1v) is 2.80. The summed E-state index contributed by atoms with van der Waals surface area (Å²) in [5.41, 5.74) is -0.378. The Labute approximate surface area is 66.2 Å². The molecule has 0 aromatic heterocycles. The van der Waals surface area contributed by atoms with Crippen molar-refractivity contribution in [1.82, 2.24) is 0 Å². The van der Waals surface area contributed by atoms with Gasteiger partial charge in [-0.3, -0.25) is 0 Å². The first-order valence-electron chi connectivity index (χ1n) is 2.80. The molecular formula is C4H6F2N4O2. The molecule has 0 fully saturated rings. The minimum atomic E-state index is -1.21. The van der Waals surface area contributed by atoms with Crippen LogP contribution >= 0.6 is 0 Å². The molecule has 0 atom stereocenters. The molecule has 8 heteroatoms. The van der Waals surface area contributed by atoms with Gasteiger partial charge in [0.05, 0.1) is 10.2 Å². The largest absolute Gasteiger partial charge is 0.556 e. The van der Waals surface area contributed by atoms with Crippen LogP contribution in [-0.4, -0.2) is 10.2 Å². The van der Waals surface area contributed by atoms with Gasteiger partial charge in [0.1, 0.15) is 20.4 Å². The van der Waals surface area contributed by atoms with Crippen molar-refractivity contribution < 1.29 is 19.1 Å². The molecule has 0 aromatic carbocycles. The third-order valence-electron chi connectivity index (χ3n) is 0.981. The summed E-state index contributed by atoms with van der Waals surface area (Å²) in [5.74, 6) is 0. The van der Waals surface area contributed by atoms with Gasteiger partial charge in [0, 0.05) is 0 Å². The predicted molar refractivity (Wildman–Crippen MR) is 32.7 cm³/mol. The average molecular weight is 180 g/mol. The first-order chi connectivity index (χ1) is 5.43. The van der Waals surface area contributed by atoms with E-state index in [4.69, 9.17) is 0 Å². The Balaban J connectivity index is 4.71. The Morgan fingerprint density at radius 3 is 1.42 bits per heavy atom. The van der Waals surface area contributed by atoms with Crippen molar-refractivity contribution in [2.75, 3.05) is 0 Å². The molecule has 68 valence electrons. The maximum Gasteiger partial charge on any atom is 0.155 e. The van der Waals surface area contributed by atoms with Crippen molar-refractivity contribution in [3.05, 3.63) is 21.8 Å². The average Bonchev–Trinajstić information content (AvgIpc) is 1.84. The van der Waals surface area contributed by atoms with Gasteiger partial charge in [0.25, 0.3) is 0 Å². The minimum absolute atomic E-state index is 0.189. The van der Waals surface area contributed by atoms with E-state index in [-0.39, 0.29) is 11.4 Å². The summed E-state index contributed by atoms with van der Waals surface area (Å²) in [6, 6.07) is 0. The maximum absolute atomic E-state index is 11.5. The summed E-state index contributed by atoms with van der Waals surface area (Å²) in [4.78, 5) is 0. The van der Waals surface area contributed by atoms with E-state index >= 15 is 0 Å². The highest BCUT2D eigenvalue weighted by molar-refractivity contribution is 5.03. The Hall–Kier alpha value is -1.60. The molecule has 0 N–H and O–H groups in total. The fraction of sp³-hybridized carbons (Fsp3) is 0.500. The standard InChI is InChI=1S/C4H6F2N4O2/c1-3(7-9(5)11)4(2)8-10(6)12/h1-2H3. The van der Waals surface area contributed by atoms with E-state index in [1.165, 1.54) is 13.8 Å². The summed E-state index contributed by atoms with van der Waals surface area (Å²) in [6.45, 7) is 2.40. The highest BCUT2D eigenvalue weighted by Crippen LogP contribution is 2.06. The van der Waals surface area contributed by atoms with Gasteiger partial charge in [-0.1, -0.05) is 0 Å². The van der Waals surface area contributed by atoms with E-state index in [0.717, 1.165) is 0 Å². The number of nitrogens with zero attached hydrogens (tertiary/aromatic N) is 4. The van der Waals surface area contributed by atoms with Crippen LogP contribution in [0, 0.1) is 10.4 Å². The molecule has 0 aromatic rings. The van der Waals surface area contributed by atoms with Gasteiger partial charge in [-0.15, -0.1) is 0 Å². The number of rotatable bonds is 2. The number of hydrogen-bond acceptors (Lipinski definition) is 4. The van der Waals surface area contributed by atoms with Crippen LogP contribution in [0.15, 0.2) is 21.6 Å². The van der Waals surface area contributed by atoms with Crippen molar-refractivity contribution >= 4 is 0 Å². The summed E-state index contributed by atoms with van der Waals surface area (Å²) in [7, 11) is 0. The van der Waals surface area contributed by atoms with E-state index in [1.807, 2.05) is 0 Å². The zero-order chi connectivity index (χ0) is 9.72. The van der Waals surface area contributed by atoms with Crippen LogP contribution in [0.4, 0.5) is 8.96 Å². The fourth-order valence-corrected chi connectivity index (χ4v) is 0.381. The zero-order valence-electron chi connectivity index (χ0n) is 6.36. The summed E-state index contributed by atoms with van der Waals surface area (Å²) >= 11 is 0. The van der Waals surface area contributed by atoms with Crippen LogP contribution in [0.25, 0.3) is 0 Å². The van der Waals surface area contributed by atoms with Crippen molar-refractivity contribution in [1.29, 1.82) is 0 Å². The smallest absolute Gasteiger partial charge is 0.155 e. The lowest BCUT2D eigenvalue weighted by Crippen LogP contribution is -1.88. The summed E-state index contributed by atoms with van der Waals surface area (Å²) in [6.07, 6.45) is 0. The molecule has 0 spiro atoms. The number of hydrogen-bond donors (Lipinski definition) is 0. The maximum atomic E-state index is 11.5. The second kappa shape index (κ2) is 4.31. The Kier molecular flexibility index (Phi) is 3.74. The number of halogens is 2. The van der Waals surface area contributed by atoms with Crippen molar-refractivity contribution in [2.45, 2.75) is 13.8 Å². The van der Waals surface area contributed by atoms with Gasteiger partial charge in [-0.05, 0) is 13.8 Å². The predicted octanol–water partition coefficient (Wildman–Crippen LogP) is 1.93. The molecule has 0 saturated heterocycles. The molecule has 6 nitrogen and oxygen atoms in total. The van der Waals surface area contributed by atoms with Crippen LogP contribution in [0.5, 0.6) is 0 Å². The van der Waals surface area contributed by atoms with E-state index < -0.39 is 10.2 Å². The molecule has 0 aliphatic carbocycles. The van der Waals surface area contributed by atoms with Crippen LogP contribution in [0.3, 0.4) is 0 Å². The monoisotopic (exact) mass is 180 g/mol. The molecule has 0 saturated carbocycles. The topological polar surface area (TPSA) is 76.9 Å². The third-order valence-corrected chi connectivity index (χ3v) is 0.981. The first kappa shape index (κ1) is 10.4. The van der Waals surface area contributed by atoms with Gasteiger partial charge >= 0.3 is 0 Å². The van der Waals surface area contributed by atoms with Crippen molar-refractivity contribution in [2.24, 2.45) is 10.2 Å². The van der Waals surface area contributed by atoms with E-state index in [9.17, 15) is 19.4 Å². The zero-order valence-corrected chi connectivity index (χ0v) is 6.36. The van der Waals surface area contributed by atoms with Crippen LogP contribution < -0.4 is 0 Å². The summed E-state index contributed by atoms with van der Waals surface area (Å²) in [5, 5.41) is 22.3. The van der Waals surface area contributed by atoms with Gasteiger partial charge in [0.15, 0.2) is 10.2 Å². The van der Waals surface area contributed by atoms with Crippen molar-refractivity contribution in [3.63, 3.8) is 0 Å². The Bertz CT molecular complexity index is 226. The molecule has 0 rings (SSSR count).